The van der Waals surface area contributed by atoms with Crippen molar-refractivity contribution in [3.05, 3.63) is 47.7 Å². The fourth-order valence-electron chi connectivity index (χ4n) is 4.66. The Bertz CT molecular complexity index is 840. The van der Waals surface area contributed by atoms with E-state index in [1.165, 1.54) is 12.0 Å². The van der Waals surface area contributed by atoms with Crippen LogP contribution in [0.15, 0.2) is 30.6 Å². The normalized spacial score (nSPS) is 22.7. The number of rotatable bonds is 4. The molecule has 2 saturated heterocycles. The standard InChI is InChI=1S/C22H29N5O/c1-3-18-13-24-17(2)25-21(18)26-12-6-9-22(15-26)10-8-20(28)27(16-22)14-19-7-4-5-11-23-19/h4-5,7,11,13H,3,6,8-10,12,14-16H2,1-2H3. The summed E-state index contributed by atoms with van der Waals surface area (Å²) in [5.41, 5.74) is 2.31. The van der Waals surface area contributed by atoms with Gasteiger partial charge in [-0.2, -0.15) is 0 Å². The molecule has 1 spiro atoms. The summed E-state index contributed by atoms with van der Waals surface area (Å²) in [5, 5.41) is 0. The van der Waals surface area contributed by atoms with Gasteiger partial charge in [0.2, 0.25) is 5.91 Å². The van der Waals surface area contributed by atoms with Crippen LogP contribution in [0.1, 0.15) is 49.7 Å². The number of amides is 1. The van der Waals surface area contributed by atoms with E-state index < -0.39 is 0 Å². The largest absolute Gasteiger partial charge is 0.356 e. The molecule has 0 bridgehead atoms. The molecule has 2 aliphatic heterocycles. The van der Waals surface area contributed by atoms with E-state index in [1.54, 1.807) is 6.20 Å². The minimum atomic E-state index is 0.144. The van der Waals surface area contributed by atoms with Crippen LogP contribution >= 0.6 is 0 Å². The number of aryl methyl sites for hydroxylation is 2. The Hall–Kier alpha value is -2.50. The molecule has 0 saturated carbocycles. The molecule has 2 fully saturated rings. The highest BCUT2D eigenvalue weighted by molar-refractivity contribution is 5.77. The maximum atomic E-state index is 12.6. The molecule has 2 aromatic heterocycles. The van der Waals surface area contributed by atoms with Crippen LogP contribution in [-0.2, 0) is 17.8 Å². The molecule has 1 atom stereocenters. The van der Waals surface area contributed by atoms with Gasteiger partial charge in [0.25, 0.3) is 0 Å². The van der Waals surface area contributed by atoms with Crippen LogP contribution in [0.4, 0.5) is 5.82 Å². The number of carbonyl (C=O) groups is 1. The van der Waals surface area contributed by atoms with Gasteiger partial charge in [0.1, 0.15) is 11.6 Å². The Morgan fingerprint density at radius 3 is 2.86 bits per heavy atom. The number of piperidine rings is 2. The smallest absolute Gasteiger partial charge is 0.222 e. The molecule has 0 aromatic carbocycles. The van der Waals surface area contributed by atoms with Crippen molar-refractivity contribution >= 4 is 11.7 Å². The zero-order chi connectivity index (χ0) is 19.6. The summed E-state index contributed by atoms with van der Waals surface area (Å²) in [6.07, 6.45) is 8.60. The summed E-state index contributed by atoms with van der Waals surface area (Å²) in [5.74, 6) is 2.16. The van der Waals surface area contributed by atoms with Crippen molar-refractivity contribution in [2.45, 2.75) is 52.5 Å². The van der Waals surface area contributed by atoms with E-state index in [4.69, 9.17) is 4.98 Å². The maximum absolute atomic E-state index is 12.6. The summed E-state index contributed by atoms with van der Waals surface area (Å²) in [4.78, 5) is 30.6. The van der Waals surface area contributed by atoms with Crippen molar-refractivity contribution in [2.75, 3.05) is 24.5 Å². The van der Waals surface area contributed by atoms with Crippen molar-refractivity contribution in [3.8, 4) is 0 Å². The first kappa shape index (κ1) is 18.8. The van der Waals surface area contributed by atoms with Crippen LogP contribution in [0.3, 0.4) is 0 Å². The molecule has 28 heavy (non-hydrogen) atoms. The Labute approximate surface area is 167 Å². The first-order chi connectivity index (χ1) is 13.6. The summed E-state index contributed by atoms with van der Waals surface area (Å²) < 4.78 is 0. The molecule has 6 nitrogen and oxygen atoms in total. The Morgan fingerprint density at radius 2 is 2.07 bits per heavy atom. The Balaban J connectivity index is 1.54. The zero-order valence-corrected chi connectivity index (χ0v) is 16.9. The third-order valence-corrected chi connectivity index (χ3v) is 6.13. The van der Waals surface area contributed by atoms with Crippen molar-refractivity contribution in [3.63, 3.8) is 0 Å². The zero-order valence-electron chi connectivity index (χ0n) is 16.9. The summed E-state index contributed by atoms with van der Waals surface area (Å²) in [7, 11) is 0. The highest BCUT2D eigenvalue weighted by Crippen LogP contribution is 2.40. The maximum Gasteiger partial charge on any atom is 0.222 e. The molecule has 1 unspecified atom stereocenters. The number of hydrogen-bond acceptors (Lipinski definition) is 5. The quantitative estimate of drug-likeness (QED) is 0.817. The lowest BCUT2D eigenvalue weighted by molar-refractivity contribution is -0.138. The number of anilines is 1. The van der Waals surface area contributed by atoms with Gasteiger partial charge >= 0.3 is 0 Å². The predicted octanol–water partition coefficient (Wildman–Crippen LogP) is 3.15. The second kappa shape index (κ2) is 7.86. The number of hydrogen-bond donors (Lipinski definition) is 0. The SMILES string of the molecule is CCc1cnc(C)nc1N1CCCC2(CCC(=O)N(Cc3ccccn3)C2)C1. The molecule has 4 rings (SSSR count). The van der Waals surface area contributed by atoms with Gasteiger partial charge in [-0.1, -0.05) is 13.0 Å². The summed E-state index contributed by atoms with van der Waals surface area (Å²) >= 11 is 0. The molecule has 0 N–H and O–H groups in total. The van der Waals surface area contributed by atoms with E-state index in [-0.39, 0.29) is 11.3 Å². The monoisotopic (exact) mass is 379 g/mol. The second-order valence-corrected chi connectivity index (χ2v) is 8.22. The van der Waals surface area contributed by atoms with E-state index in [0.717, 1.165) is 56.2 Å². The van der Waals surface area contributed by atoms with Crippen molar-refractivity contribution in [2.24, 2.45) is 5.41 Å². The number of aromatic nitrogens is 3. The summed E-state index contributed by atoms with van der Waals surface area (Å²) in [6.45, 7) is 7.52. The fourth-order valence-corrected chi connectivity index (χ4v) is 4.66. The lowest BCUT2D eigenvalue weighted by atomic mass is 9.73. The van der Waals surface area contributed by atoms with E-state index >= 15 is 0 Å². The van der Waals surface area contributed by atoms with Gasteiger partial charge < -0.3 is 9.80 Å². The fraction of sp³-hybridized carbons (Fsp3) is 0.545. The van der Waals surface area contributed by atoms with E-state index in [9.17, 15) is 4.79 Å². The molecule has 0 radical (unpaired) electrons. The van der Waals surface area contributed by atoms with Gasteiger partial charge in [-0.15, -0.1) is 0 Å². The highest BCUT2D eigenvalue weighted by atomic mass is 16.2. The predicted molar refractivity (Wildman–Crippen MR) is 109 cm³/mol. The van der Waals surface area contributed by atoms with Crippen LogP contribution in [-0.4, -0.2) is 45.4 Å². The molecular formula is C22H29N5O. The van der Waals surface area contributed by atoms with Gasteiger partial charge in [0.05, 0.1) is 12.2 Å². The van der Waals surface area contributed by atoms with E-state index in [1.807, 2.05) is 36.2 Å². The van der Waals surface area contributed by atoms with E-state index in [0.29, 0.717) is 13.0 Å². The highest BCUT2D eigenvalue weighted by Gasteiger charge is 2.42. The molecular weight excluding hydrogens is 350 g/mol. The van der Waals surface area contributed by atoms with Crippen LogP contribution in [0.25, 0.3) is 0 Å². The third kappa shape index (κ3) is 3.86. The molecule has 4 heterocycles. The number of carbonyl (C=O) groups excluding carboxylic acids is 1. The minimum absolute atomic E-state index is 0.144. The first-order valence-electron chi connectivity index (χ1n) is 10.3. The van der Waals surface area contributed by atoms with Crippen molar-refractivity contribution in [1.29, 1.82) is 0 Å². The van der Waals surface area contributed by atoms with Gasteiger partial charge in [-0.05, 0) is 44.7 Å². The van der Waals surface area contributed by atoms with Crippen LogP contribution in [0, 0.1) is 12.3 Å². The molecule has 0 aliphatic carbocycles. The van der Waals surface area contributed by atoms with Gasteiger partial charge in [0.15, 0.2) is 0 Å². The molecule has 2 aromatic rings. The number of pyridine rings is 1. The lowest BCUT2D eigenvalue weighted by Crippen LogP contribution is -2.54. The van der Waals surface area contributed by atoms with Gasteiger partial charge in [-0.25, -0.2) is 9.97 Å². The minimum Gasteiger partial charge on any atom is -0.356 e. The average Bonchev–Trinajstić information content (AvgIpc) is 2.72. The van der Waals surface area contributed by atoms with Gasteiger partial charge in [-0.3, -0.25) is 9.78 Å². The third-order valence-electron chi connectivity index (χ3n) is 6.13. The Kier molecular flexibility index (Phi) is 5.29. The number of nitrogens with zero attached hydrogens (tertiary/aromatic N) is 5. The topological polar surface area (TPSA) is 62.2 Å². The first-order valence-corrected chi connectivity index (χ1v) is 10.3. The van der Waals surface area contributed by atoms with Crippen LogP contribution < -0.4 is 4.90 Å². The number of likely N-dealkylation sites (tertiary alicyclic amines) is 1. The average molecular weight is 380 g/mol. The van der Waals surface area contributed by atoms with Gasteiger partial charge in [0, 0.05) is 49.4 Å². The van der Waals surface area contributed by atoms with Crippen LogP contribution in [0.5, 0.6) is 0 Å². The molecule has 6 heteroatoms. The van der Waals surface area contributed by atoms with Crippen molar-refractivity contribution < 1.29 is 4.79 Å². The lowest BCUT2D eigenvalue weighted by Gasteiger charge is -2.48. The summed E-state index contributed by atoms with van der Waals surface area (Å²) in [6, 6.07) is 5.90. The Morgan fingerprint density at radius 1 is 1.18 bits per heavy atom. The van der Waals surface area contributed by atoms with Crippen molar-refractivity contribution in [1.82, 2.24) is 19.9 Å². The molecule has 2 aliphatic rings. The molecule has 148 valence electrons. The van der Waals surface area contributed by atoms with Crippen LogP contribution in [0.2, 0.25) is 0 Å². The molecule has 1 amide bonds. The second-order valence-electron chi connectivity index (χ2n) is 8.22. The van der Waals surface area contributed by atoms with E-state index in [2.05, 4.69) is 21.8 Å².